The van der Waals surface area contributed by atoms with Gasteiger partial charge < -0.3 is 9.64 Å². The van der Waals surface area contributed by atoms with Gasteiger partial charge in [-0.1, -0.05) is 41.4 Å². The van der Waals surface area contributed by atoms with Gasteiger partial charge in [-0.2, -0.15) is 0 Å². The van der Waals surface area contributed by atoms with Crippen LogP contribution in [0.5, 0.6) is 5.75 Å². The highest BCUT2D eigenvalue weighted by molar-refractivity contribution is 6.44. The Hall–Kier alpha value is -3.16. The summed E-state index contributed by atoms with van der Waals surface area (Å²) in [5, 5.41) is 0.581. The molecule has 3 amide bonds. The number of rotatable bonds is 4. The number of ether oxygens (including phenoxy) is 1. The molecule has 0 N–H and O–H groups in total. The van der Waals surface area contributed by atoms with Crippen molar-refractivity contribution in [3.8, 4) is 5.75 Å². The number of amides is 3. The van der Waals surface area contributed by atoms with Gasteiger partial charge in [-0.3, -0.25) is 19.2 Å². The van der Waals surface area contributed by atoms with Crippen LogP contribution in [0.1, 0.15) is 18.4 Å². The molecule has 2 bridgehead atoms. The number of benzene rings is 2. The van der Waals surface area contributed by atoms with E-state index in [-0.39, 0.29) is 65.1 Å². The molecule has 6 rings (SSSR count). The molecule has 4 aliphatic rings. The highest BCUT2D eigenvalue weighted by Gasteiger charge is 2.59. The van der Waals surface area contributed by atoms with Crippen LogP contribution in [0, 0.1) is 36.5 Å². The molecule has 184 valence electrons. The summed E-state index contributed by atoms with van der Waals surface area (Å²) in [7, 11) is 0. The smallest absolute Gasteiger partial charge is 0.316 e. The van der Waals surface area contributed by atoms with Crippen molar-refractivity contribution < 1.29 is 23.9 Å². The number of esters is 1. The van der Waals surface area contributed by atoms with Gasteiger partial charge in [0.25, 0.3) is 0 Å². The zero-order valence-electron chi connectivity index (χ0n) is 19.3. The topological polar surface area (TPSA) is 84.0 Å². The second-order valence-corrected chi connectivity index (χ2v) is 10.6. The van der Waals surface area contributed by atoms with Crippen LogP contribution in [-0.4, -0.2) is 30.2 Å². The van der Waals surface area contributed by atoms with E-state index in [1.54, 1.807) is 43.3 Å². The van der Waals surface area contributed by atoms with Crippen molar-refractivity contribution in [3.63, 3.8) is 0 Å². The molecule has 36 heavy (non-hydrogen) atoms. The van der Waals surface area contributed by atoms with Crippen molar-refractivity contribution >= 4 is 58.3 Å². The summed E-state index contributed by atoms with van der Waals surface area (Å²) >= 11 is 12.3. The second kappa shape index (κ2) is 8.46. The molecule has 2 saturated heterocycles. The first-order chi connectivity index (χ1) is 17.2. The summed E-state index contributed by atoms with van der Waals surface area (Å²) < 4.78 is 5.58. The monoisotopic (exact) mass is 524 g/mol. The maximum Gasteiger partial charge on any atom is 0.316 e. The van der Waals surface area contributed by atoms with Crippen molar-refractivity contribution in [2.45, 2.75) is 19.8 Å². The van der Waals surface area contributed by atoms with Crippen LogP contribution in [0.4, 0.5) is 11.4 Å². The fraction of sp³-hybridized carbons (Fsp3) is 0.333. The average molecular weight is 525 g/mol. The summed E-state index contributed by atoms with van der Waals surface area (Å²) in [6.07, 6.45) is 4.99. The highest BCUT2D eigenvalue weighted by Crippen LogP contribution is 2.53. The minimum absolute atomic E-state index is 0.00529. The number of allylic oxidation sites excluding steroid dienone is 2. The van der Waals surface area contributed by atoms with Gasteiger partial charge in [-0.05, 0) is 61.1 Å². The van der Waals surface area contributed by atoms with Gasteiger partial charge in [0.2, 0.25) is 17.7 Å². The molecule has 0 aromatic heterocycles. The summed E-state index contributed by atoms with van der Waals surface area (Å²) in [6.45, 7) is 1.90. The molecule has 2 aliphatic heterocycles. The fourth-order valence-electron chi connectivity index (χ4n) is 6.08. The van der Waals surface area contributed by atoms with E-state index in [9.17, 15) is 19.2 Å². The standard InChI is InChI=1S/C27H22Cl2N2O5/c1-13-9-17(7-8-19(13)31-25(33)22-14-5-6-15(10-14)23(22)26(31)34)36-27(35)16-11-21(32)30(12-16)20-4-2-3-18(28)24(20)29/h2-9,14-16,22-23H,10-12H2,1H3/t14-,15-,16-,22-,23+/m0/s1. The quantitative estimate of drug-likeness (QED) is 0.253. The third kappa shape index (κ3) is 3.48. The zero-order valence-corrected chi connectivity index (χ0v) is 20.8. The van der Waals surface area contributed by atoms with E-state index in [0.717, 1.165) is 6.42 Å². The first-order valence-corrected chi connectivity index (χ1v) is 12.6. The molecular formula is C27H22Cl2N2O5. The number of aryl methyl sites for hydroxylation is 1. The van der Waals surface area contributed by atoms with E-state index in [1.165, 1.54) is 9.80 Å². The van der Waals surface area contributed by atoms with Crippen molar-refractivity contribution in [1.82, 2.24) is 0 Å². The minimum atomic E-state index is -0.670. The van der Waals surface area contributed by atoms with E-state index in [0.29, 0.717) is 22.0 Å². The molecule has 7 nitrogen and oxygen atoms in total. The molecular weight excluding hydrogens is 503 g/mol. The first-order valence-electron chi connectivity index (χ1n) is 11.9. The number of carbonyl (C=O) groups is 4. The van der Waals surface area contributed by atoms with Crippen LogP contribution < -0.4 is 14.5 Å². The van der Waals surface area contributed by atoms with Crippen molar-refractivity contribution in [1.29, 1.82) is 0 Å². The third-order valence-electron chi connectivity index (χ3n) is 7.78. The lowest BCUT2D eigenvalue weighted by Crippen LogP contribution is -2.33. The lowest BCUT2D eigenvalue weighted by molar-refractivity contribution is -0.139. The van der Waals surface area contributed by atoms with Crippen molar-refractivity contribution in [3.05, 3.63) is 64.2 Å². The summed E-state index contributed by atoms with van der Waals surface area (Å²) in [5.74, 6) is -1.76. The Balaban J connectivity index is 1.16. The minimum Gasteiger partial charge on any atom is -0.426 e. The number of hydrogen-bond donors (Lipinski definition) is 0. The fourth-order valence-corrected chi connectivity index (χ4v) is 6.48. The molecule has 5 atom stereocenters. The number of nitrogens with zero attached hydrogens (tertiary/aromatic N) is 2. The van der Waals surface area contributed by atoms with Gasteiger partial charge in [0.15, 0.2) is 0 Å². The Kier molecular flexibility index (Phi) is 5.46. The molecule has 0 unspecified atom stereocenters. The largest absolute Gasteiger partial charge is 0.426 e. The number of halogens is 2. The number of hydrogen-bond acceptors (Lipinski definition) is 5. The summed E-state index contributed by atoms with van der Waals surface area (Å²) in [5.41, 5.74) is 1.62. The van der Waals surface area contributed by atoms with Gasteiger partial charge in [0.05, 0.1) is 39.2 Å². The Morgan fingerprint density at radius 3 is 2.33 bits per heavy atom. The van der Waals surface area contributed by atoms with Gasteiger partial charge in [0, 0.05) is 13.0 Å². The number of fused-ring (bicyclic) bond motifs is 5. The van der Waals surface area contributed by atoms with E-state index in [1.807, 2.05) is 0 Å². The van der Waals surface area contributed by atoms with Crippen molar-refractivity contribution in [2.24, 2.45) is 29.6 Å². The highest BCUT2D eigenvalue weighted by atomic mass is 35.5. The average Bonchev–Trinajstić information content (AvgIpc) is 3.60. The predicted molar refractivity (Wildman–Crippen MR) is 134 cm³/mol. The Bertz CT molecular complexity index is 1340. The number of carbonyl (C=O) groups excluding carboxylic acids is 4. The van der Waals surface area contributed by atoms with Crippen LogP contribution >= 0.6 is 23.2 Å². The van der Waals surface area contributed by atoms with Gasteiger partial charge in [0.1, 0.15) is 5.75 Å². The maximum atomic E-state index is 13.1. The molecule has 2 aromatic carbocycles. The van der Waals surface area contributed by atoms with E-state index in [4.69, 9.17) is 27.9 Å². The van der Waals surface area contributed by atoms with Crippen molar-refractivity contribution in [2.75, 3.05) is 16.3 Å². The number of imide groups is 1. The molecule has 9 heteroatoms. The lowest BCUT2D eigenvalue weighted by atomic mass is 9.85. The molecule has 0 radical (unpaired) electrons. The molecule has 0 spiro atoms. The summed E-state index contributed by atoms with van der Waals surface area (Å²) in [4.78, 5) is 54.5. The zero-order chi connectivity index (χ0) is 25.3. The Morgan fingerprint density at radius 2 is 1.67 bits per heavy atom. The van der Waals surface area contributed by atoms with Gasteiger partial charge in [-0.25, -0.2) is 4.90 Å². The number of anilines is 2. The van der Waals surface area contributed by atoms with Crippen LogP contribution in [0.15, 0.2) is 48.6 Å². The SMILES string of the molecule is Cc1cc(OC(=O)[C@H]2CC(=O)N(c3cccc(Cl)c3Cl)C2)ccc1N1C(=O)[C@@H]2[C@H](C1=O)[C@H]1C=C[C@H]2C1. The molecule has 2 aromatic rings. The van der Waals surface area contributed by atoms with Gasteiger partial charge in [-0.15, -0.1) is 0 Å². The maximum absolute atomic E-state index is 13.1. The summed E-state index contributed by atoms with van der Waals surface area (Å²) in [6, 6.07) is 9.85. The van der Waals surface area contributed by atoms with Crippen LogP contribution in [0.3, 0.4) is 0 Å². The predicted octanol–water partition coefficient (Wildman–Crippen LogP) is 4.57. The van der Waals surface area contributed by atoms with Crippen LogP contribution in [0.2, 0.25) is 10.0 Å². The van der Waals surface area contributed by atoms with E-state index in [2.05, 4.69) is 12.2 Å². The van der Waals surface area contributed by atoms with E-state index >= 15 is 0 Å². The lowest BCUT2D eigenvalue weighted by Gasteiger charge is -2.20. The third-order valence-corrected chi connectivity index (χ3v) is 8.59. The van der Waals surface area contributed by atoms with Crippen LogP contribution in [-0.2, 0) is 19.2 Å². The van der Waals surface area contributed by atoms with E-state index < -0.39 is 11.9 Å². The Morgan fingerprint density at radius 1 is 0.972 bits per heavy atom. The first kappa shape index (κ1) is 23.3. The molecule has 2 heterocycles. The molecule has 3 fully saturated rings. The van der Waals surface area contributed by atoms with Gasteiger partial charge >= 0.3 is 5.97 Å². The molecule has 2 aliphatic carbocycles. The Labute approximate surface area is 217 Å². The second-order valence-electron chi connectivity index (χ2n) is 9.86. The molecule has 1 saturated carbocycles. The normalized spacial score (nSPS) is 28.4. The van der Waals surface area contributed by atoms with Crippen LogP contribution in [0.25, 0.3) is 0 Å².